The number of benzene rings is 4. The molecule has 0 fully saturated rings. The molecule has 1 heterocycles. The van der Waals surface area contributed by atoms with Gasteiger partial charge < -0.3 is 0 Å². The molecule has 0 atom stereocenters. The molecule has 2 aliphatic carbocycles. The zero-order valence-corrected chi connectivity index (χ0v) is 22.9. The van der Waals surface area contributed by atoms with Crippen LogP contribution in [0.3, 0.4) is 0 Å². The van der Waals surface area contributed by atoms with Crippen LogP contribution in [0.5, 0.6) is 0 Å². The predicted octanol–water partition coefficient (Wildman–Crippen LogP) is 8.21. The molecule has 3 aliphatic rings. The molecule has 0 saturated carbocycles. The summed E-state index contributed by atoms with van der Waals surface area (Å²) in [7, 11) is 0. The third-order valence-electron chi connectivity index (χ3n) is 8.01. The summed E-state index contributed by atoms with van der Waals surface area (Å²) in [4.78, 5) is 28.2. The van der Waals surface area contributed by atoms with E-state index in [2.05, 4.69) is 24.3 Å². The fourth-order valence-corrected chi connectivity index (χ4v) is 11.9. The van der Waals surface area contributed by atoms with Crippen LogP contribution >= 0.6 is 0 Å². The molecular formula is C34H26O4Ti. The summed E-state index contributed by atoms with van der Waals surface area (Å²) in [6.45, 7) is 0. The van der Waals surface area contributed by atoms with Gasteiger partial charge in [-0.2, -0.15) is 0 Å². The van der Waals surface area contributed by atoms with Gasteiger partial charge in [0.05, 0.1) is 0 Å². The van der Waals surface area contributed by atoms with E-state index in [4.69, 9.17) is 6.64 Å². The van der Waals surface area contributed by atoms with Crippen molar-refractivity contribution in [1.82, 2.24) is 0 Å². The Morgan fingerprint density at radius 2 is 1.00 bits per heavy atom. The maximum absolute atomic E-state index is 14.1. The van der Waals surface area contributed by atoms with Crippen LogP contribution in [0.4, 0.5) is 0 Å². The molecule has 7 rings (SSSR count). The van der Waals surface area contributed by atoms with Crippen LogP contribution in [0.15, 0.2) is 128 Å². The minimum atomic E-state index is -4.46. The Morgan fingerprint density at radius 1 is 0.564 bits per heavy atom. The van der Waals surface area contributed by atoms with Crippen molar-refractivity contribution in [2.24, 2.45) is 0 Å². The number of allylic oxidation sites excluding steroid dienone is 8. The molecule has 0 unspecified atom stereocenters. The molecule has 0 saturated heterocycles. The Labute approximate surface area is 231 Å². The first-order valence-corrected chi connectivity index (χ1v) is 16.2. The Balaban J connectivity index is 1.38. The first kappa shape index (κ1) is 24.1. The van der Waals surface area contributed by atoms with Gasteiger partial charge in [-0.25, -0.2) is 0 Å². The second kappa shape index (κ2) is 9.64. The van der Waals surface area contributed by atoms with Gasteiger partial charge in [0.2, 0.25) is 0 Å². The number of hydrogen-bond acceptors (Lipinski definition) is 4. The zero-order chi connectivity index (χ0) is 26.4. The number of carbonyl (C=O) groups excluding carboxylic acids is 2. The summed E-state index contributed by atoms with van der Waals surface area (Å²) in [6.07, 6.45) is 11.4. The molecule has 190 valence electrons. The monoisotopic (exact) mass is 546 g/mol. The van der Waals surface area contributed by atoms with Crippen molar-refractivity contribution < 1.29 is 33.6 Å². The first-order chi connectivity index (χ1) is 19.1. The van der Waals surface area contributed by atoms with E-state index in [1.165, 1.54) is 0 Å². The summed E-state index contributed by atoms with van der Waals surface area (Å²) >= 11 is -4.46. The van der Waals surface area contributed by atoms with Crippen molar-refractivity contribution >= 4 is 33.5 Å². The van der Waals surface area contributed by atoms with E-state index in [0.717, 1.165) is 53.3 Å². The van der Waals surface area contributed by atoms with Gasteiger partial charge in [0.25, 0.3) is 0 Å². The third-order valence-corrected chi connectivity index (χ3v) is 13.6. The van der Waals surface area contributed by atoms with Gasteiger partial charge in [0.15, 0.2) is 0 Å². The van der Waals surface area contributed by atoms with Crippen molar-refractivity contribution in [2.75, 3.05) is 0 Å². The molecule has 0 aromatic heterocycles. The molecule has 0 spiro atoms. The van der Waals surface area contributed by atoms with Crippen LogP contribution < -0.4 is 0 Å². The van der Waals surface area contributed by atoms with Gasteiger partial charge in [0.1, 0.15) is 0 Å². The van der Waals surface area contributed by atoms with Crippen molar-refractivity contribution in [3.63, 3.8) is 0 Å². The summed E-state index contributed by atoms with van der Waals surface area (Å²) in [5.74, 6) is -0.867. The van der Waals surface area contributed by atoms with Gasteiger partial charge in [-0.15, -0.1) is 0 Å². The zero-order valence-electron chi connectivity index (χ0n) is 21.4. The standard InChI is InChI=1S/C12H12.2C11H8O2.Ti/c1-2-6-11(5-1)9-10-12-7-3-4-8-12;2*12-11(13)10-7-3-5-8-4-1-2-6-9(8)10;/h1,3,5,7H,2,4,9-10H2;2*1-7H,(H,12,13);/q;;;+2/p-2. The second-order valence-corrected chi connectivity index (χ2v) is 14.6. The van der Waals surface area contributed by atoms with Gasteiger partial charge in [0, 0.05) is 0 Å². The molecule has 39 heavy (non-hydrogen) atoms. The van der Waals surface area contributed by atoms with Gasteiger partial charge in [-0.05, 0) is 0 Å². The van der Waals surface area contributed by atoms with Crippen LogP contribution in [-0.2, 0) is 24.0 Å². The number of hydrogen-bond donors (Lipinski definition) is 0. The molecule has 4 nitrogen and oxygen atoms in total. The van der Waals surface area contributed by atoms with Crippen LogP contribution in [-0.4, -0.2) is 11.9 Å². The quantitative estimate of drug-likeness (QED) is 0.242. The van der Waals surface area contributed by atoms with Crippen LogP contribution in [0, 0.1) is 0 Å². The fourth-order valence-electron chi connectivity index (χ4n) is 6.16. The topological polar surface area (TPSA) is 52.6 Å². The number of fused-ring (bicyclic) bond motifs is 2. The molecule has 1 aliphatic heterocycles. The average molecular weight is 546 g/mol. The second-order valence-electron chi connectivity index (χ2n) is 10.2. The summed E-state index contributed by atoms with van der Waals surface area (Å²) < 4.78 is 15.4. The minimum absolute atomic E-state index is 0.433. The van der Waals surface area contributed by atoms with Crippen molar-refractivity contribution in [2.45, 2.75) is 25.7 Å². The van der Waals surface area contributed by atoms with Gasteiger partial charge in [-0.3, -0.25) is 0 Å². The summed E-state index contributed by atoms with van der Waals surface area (Å²) in [6, 6.07) is 26.9. The molecule has 5 heteroatoms. The van der Waals surface area contributed by atoms with E-state index in [1.54, 1.807) is 12.1 Å². The van der Waals surface area contributed by atoms with E-state index in [9.17, 15) is 9.59 Å². The molecule has 0 bridgehead atoms. The molecule has 0 radical (unpaired) electrons. The number of rotatable bonds is 4. The average Bonchev–Trinajstić information content (AvgIpc) is 3.63. The van der Waals surface area contributed by atoms with Crippen molar-refractivity contribution in [3.05, 3.63) is 139 Å². The summed E-state index contributed by atoms with van der Waals surface area (Å²) in [5, 5.41) is 3.59. The van der Waals surface area contributed by atoms with Crippen molar-refractivity contribution in [3.8, 4) is 0 Å². The fraction of sp³-hybridized carbons (Fsp3) is 0.118. The van der Waals surface area contributed by atoms with Crippen LogP contribution in [0.1, 0.15) is 46.4 Å². The van der Waals surface area contributed by atoms with E-state index in [-0.39, 0.29) is 0 Å². The van der Waals surface area contributed by atoms with E-state index < -0.39 is 29.3 Å². The Morgan fingerprint density at radius 3 is 1.49 bits per heavy atom. The van der Waals surface area contributed by atoms with Crippen molar-refractivity contribution in [1.29, 1.82) is 0 Å². The maximum atomic E-state index is 14.1. The first-order valence-electron chi connectivity index (χ1n) is 13.3. The van der Waals surface area contributed by atoms with E-state index >= 15 is 0 Å². The van der Waals surface area contributed by atoms with Crippen LogP contribution in [0.2, 0.25) is 0 Å². The third kappa shape index (κ3) is 4.03. The molecule has 4 aromatic rings. The SMILES string of the molecule is O=C([O][Ti]1([O]C(=O)c2cccc3ccccc23)[C]2=C(C=CC2)CCC2=[C]1CC=C2)c1cccc2ccccc12. The molecule has 0 amide bonds. The van der Waals surface area contributed by atoms with E-state index in [0.29, 0.717) is 24.0 Å². The predicted molar refractivity (Wildman–Crippen MR) is 150 cm³/mol. The molecular weight excluding hydrogens is 520 g/mol. The molecule has 0 N–H and O–H groups in total. The molecule has 4 aromatic carbocycles. The Bertz CT molecular complexity index is 1660. The number of carbonyl (C=O) groups is 2. The van der Waals surface area contributed by atoms with E-state index in [1.807, 2.05) is 72.8 Å². The van der Waals surface area contributed by atoms with Crippen LogP contribution in [0.25, 0.3) is 21.5 Å². The normalized spacial score (nSPS) is 17.3. The van der Waals surface area contributed by atoms with Gasteiger partial charge in [-0.1, -0.05) is 0 Å². The Kier molecular flexibility index (Phi) is 5.95. The Hall–Kier alpha value is -3.99. The summed E-state index contributed by atoms with van der Waals surface area (Å²) in [5.41, 5.74) is 3.28. The van der Waals surface area contributed by atoms with Gasteiger partial charge >= 0.3 is 232 Å².